The van der Waals surface area contributed by atoms with Crippen molar-refractivity contribution in [1.82, 2.24) is 24.7 Å². The van der Waals surface area contributed by atoms with E-state index in [1.807, 2.05) is 26.1 Å². The third-order valence-electron chi connectivity index (χ3n) is 4.55. The standard InChI is InChI=1S/C20H19FN6/c1-14-18-19(26(2)12-9-15-7-10-22-11-8-15)23-13-24-20(18)27(25-14)17-6-4-3-5-16(17)21/h3-8,10-11,13H,9,12H2,1-2H3. The predicted octanol–water partition coefficient (Wildman–Crippen LogP) is 3.34. The van der Waals surface area contributed by atoms with E-state index in [9.17, 15) is 4.39 Å². The Balaban J connectivity index is 1.71. The maximum absolute atomic E-state index is 14.3. The van der Waals surface area contributed by atoms with Crippen molar-refractivity contribution >= 4 is 16.9 Å². The summed E-state index contributed by atoms with van der Waals surface area (Å²) in [6.07, 6.45) is 5.95. The molecule has 0 radical (unpaired) electrons. The lowest BCUT2D eigenvalue weighted by molar-refractivity contribution is 0.612. The smallest absolute Gasteiger partial charge is 0.168 e. The highest BCUT2D eigenvalue weighted by Gasteiger charge is 2.18. The summed E-state index contributed by atoms with van der Waals surface area (Å²) in [5, 5.41) is 5.35. The molecular weight excluding hydrogens is 343 g/mol. The Morgan fingerprint density at radius 3 is 2.63 bits per heavy atom. The van der Waals surface area contributed by atoms with E-state index in [2.05, 4.69) is 25.0 Å². The maximum Gasteiger partial charge on any atom is 0.168 e. The molecule has 0 saturated carbocycles. The largest absolute Gasteiger partial charge is 0.359 e. The van der Waals surface area contributed by atoms with Crippen LogP contribution in [0.3, 0.4) is 0 Å². The highest BCUT2D eigenvalue weighted by atomic mass is 19.1. The molecule has 136 valence electrons. The molecule has 0 aliphatic carbocycles. The first kappa shape index (κ1) is 17.1. The Hall–Kier alpha value is -3.35. The fraction of sp³-hybridized carbons (Fsp3) is 0.200. The number of likely N-dealkylation sites (N-methyl/N-ethyl adjacent to an activating group) is 1. The van der Waals surface area contributed by atoms with Crippen molar-refractivity contribution in [1.29, 1.82) is 0 Å². The summed E-state index contributed by atoms with van der Waals surface area (Å²) in [7, 11) is 1.99. The van der Waals surface area contributed by atoms with Gasteiger partial charge in [0.2, 0.25) is 0 Å². The van der Waals surface area contributed by atoms with Crippen LogP contribution < -0.4 is 4.90 Å². The zero-order valence-electron chi connectivity index (χ0n) is 15.2. The van der Waals surface area contributed by atoms with Gasteiger partial charge in [-0.25, -0.2) is 19.0 Å². The zero-order valence-corrected chi connectivity index (χ0v) is 15.2. The molecule has 0 spiro atoms. The number of nitrogens with zero attached hydrogens (tertiary/aromatic N) is 6. The highest BCUT2D eigenvalue weighted by molar-refractivity contribution is 5.90. The number of anilines is 1. The molecule has 0 amide bonds. The van der Waals surface area contributed by atoms with E-state index >= 15 is 0 Å². The molecule has 0 saturated heterocycles. The van der Waals surface area contributed by atoms with E-state index in [-0.39, 0.29) is 5.82 Å². The number of fused-ring (bicyclic) bond motifs is 1. The van der Waals surface area contributed by atoms with Gasteiger partial charge < -0.3 is 4.90 Å². The van der Waals surface area contributed by atoms with E-state index in [1.54, 1.807) is 35.3 Å². The molecule has 27 heavy (non-hydrogen) atoms. The van der Waals surface area contributed by atoms with Crippen molar-refractivity contribution in [2.75, 3.05) is 18.5 Å². The van der Waals surface area contributed by atoms with Gasteiger partial charge in [-0.1, -0.05) is 12.1 Å². The SMILES string of the molecule is Cc1nn(-c2ccccc2F)c2ncnc(N(C)CCc3ccncc3)c12. The summed E-state index contributed by atoms with van der Waals surface area (Å²) >= 11 is 0. The van der Waals surface area contributed by atoms with Crippen LogP contribution in [0.15, 0.2) is 55.1 Å². The quantitative estimate of drug-likeness (QED) is 0.545. The Kier molecular flexibility index (Phi) is 4.50. The lowest BCUT2D eigenvalue weighted by atomic mass is 10.2. The van der Waals surface area contributed by atoms with Crippen LogP contribution in [-0.4, -0.2) is 38.3 Å². The van der Waals surface area contributed by atoms with Gasteiger partial charge in [0.15, 0.2) is 5.65 Å². The van der Waals surface area contributed by atoms with E-state index in [0.717, 1.165) is 29.9 Å². The van der Waals surface area contributed by atoms with Gasteiger partial charge in [0, 0.05) is 26.0 Å². The van der Waals surface area contributed by atoms with Crippen LogP contribution in [-0.2, 0) is 6.42 Å². The van der Waals surface area contributed by atoms with Gasteiger partial charge in [0.05, 0.1) is 11.1 Å². The van der Waals surface area contributed by atoms with Gasteiger partial charge in [0.1, 0.15) is 23.6 Å². The number of hydrogen-bond acceptors (Lipinski definition) is 5. The molecule has 0 atom stereocenters. The Labute approximate surface area is 156 Å². The van der Waals surface area contributed by atoms with Crippen LogP contribution in [0.25, 0.3) is 16.7 Å². The fourth-order valence-corrected chi connectivity index (χ4v) is 3.13. The third kappa shape index (κ3) is 3.23. The van der Waals surface area contributed by atoms with Crippen LogP contribution in [0.5, 0.6) is 0 Å². The van der Waals surface area contributed by atoms with Gasteiger partial charge in [-0.2, -0.15) is 5.10 Å². The monoisotopic (exact) mass is 362 g/mol. The minimum Gasteiger partial charge on any atom is -0.359 e. The molecule has 6 nitrogen and oxygen atoms in total. The molecule has 0 fully saturated rings. The number of aryl methyl sites for hydroxylation is 1. The second kappa shape index (κ2) is 7.11. The Morgan fingerprint density at radius 2 is 1.85 bits per heavy atom. The second-order valence-corrected chi connectivity index (χ2v) is 6.37. The van der Waals surface area contributed by atoms with Crippen molar-refractivity contribution < 1.29 is 4.39 Å². The van der Waals surface area contributed by atoms with Crippen LogP contribution in [0, 0.1) is 12.7 Å². The van der Waals surface area contributed by atoms with E-state index in [4.69, 9.17) is 0 Å². The number of hydrogen-bond donors (Lipinski definition) is 0. The number of halogens is 1. The van der Waals surface area contributed by atoms with Gasteiger partial charge in [-0.15, -0.1) is 0 Å². The lowest BCUT2D eigenvalue weighted by Crippen LogP contribution is -2.22. The number of pyridine rings is 1. The van der Waals surface area contributed by atoms with Gasteiger partial charge in [0.25, 0.3) is 0 Å². The van der Waals surface area contributed by atoms with Gasteiger partial charge in [-0.05, 0) is 43.2 Å². The van der Waals surface area contributed by atoms with E-state index < -0.39 is 0 Å². The van der Waals surface area contributed by atoms with Crippen LogP contribution in [0.4, 0.5) is 10.2 Å². The summed E-state index contributed by atoms with van der Waals surface area (Å²) < 4.78 is 15.8. The summed E-state index contributed by atoms with van der Waals surface area (Å²) in [5.41, 5.74) is 2.94. The molecule has 1 aromatic carbocycles. The third-order valence-corrected chi connectivity index (χ3v) is 4.55. The predicted molar refractivity (Wildman–Crippen MR) is 103 cm³/mol. The Bertz CT molecular complexity index is 1080. The first-order valence-electron chi connectivity index (χ1n) is 8.70. The van der Waals surface area contributed by atoms with Crippen molar-refractivity contribution in [3.63, 3.8) is 0 Å². The molecule has 0 bridgehead atoms. The number of rotatable bonds is 5. The summed E-state index contributed by atoms with van der Waals surface area (Å²) in [6.45, 7) is 2.67. The van der Waals surface area contributed by atoms with Crippen LogP contribution >= 0.6 is 0 Å². The second-order valence-electron chi connectivity index (χ2n) is 6.37. The molecule has 7 heteroatoms. The van der Waals surface area contributed by atoms with E-state index in [1.165, 1.54) is 18.0 Å². The fourth-order valence-electron chi connectivity index (χ4n) is 3.13. The molecule has 0 N–H and O–H groups in total. The molecule has 0 aliphatic heterocycles. The molecule has 3 heterocycles. The molecule has 0 aliphatic rings. The normalized spacial score (nSPS) is 11.1. The number of benzene rings is 1. The van der Waals surface area contributed by atoms with Crippen LogP contribution in [0.1, 0.15) is 11.3 Å². The molecule has 3 aromatic heterocycles. The van der Waals surface area contributed by atoms with Gasteiger partial charge >= 0.3 is 0 Å². The zero-order chi connectivity index (χ0) is 18.8. The molecule has 0 unspecified atom stereocenters. The maximum atomic E-state index is 14.3. The topological polar surface area (TPSA) is 59.7 Å². The van der Waals surface area contributed by atoms with Crippen LogP contribution in [0.2, 0.25) is 0 Å². The average molecular weight is 362 g/mol. The lowest BCUT2D eigenvalue weighted by Gasteiger charge is -2.19. The van der Waals surface area contributed by atoms with E-state index in [0.29, 0.717) is 11.3 Å². The molecule has 4 rings (SSSR count). The first-order valence-corrected chi connectivity index (χ1v) is 8.70. The Morgan fingerprint density at radius 1 is 1.07 bits per heavy atom. The summed E-state index contributed by atoms with van der Waals surface area (Å²) in [6, 6.07) is 10.6. The first-order chi connectivity index (χ1) is 13.1. The minimum atomic E-state index is -0.340. The average Bonchev–Trinajstić information content (AvgIpc) is 3.04. The highest BCUT2D eigenvalue weighted by Crippen LogP contribution is 2.28. The molecule has 4 aromatic rings. The van der Waals surface area contributed by atoms with Crippen molar-refractivity contribution in [3.05, 3.63) is 72.2 Å². The van der Waals surface area contributed by atoms with Gasteiger partial charge in [-0.3, -0.25) is 4.98 Å². The minimum absolute atomic E-state index is 0.340. The van der Waals surface area contributed by atoms with Crippen molar-refractivity contribution in [2.45, 2.75) is 13.3 Å². The molecular formula is C20H19FN6. The summed E-state index contributed by atoms with van der Waals surface area (Å²) in [4.78, 5) is 15.0. The van der Waals surface area contributed by atoms with Crippen molar-refractivity contribution in [2.24, 2.45) is 0 Å². The summed E-state index contributed by atoms with van der Waals surface area (Å²) in [5.74, 6) is 0.447. The van der Waals surface area contributed by atoms with Crippen molar-refractivity contribution in [3.8, 4) is 5.69 Å². The number of para-hydroxylation sites is 1. The number of aromatic nitrogens is 5.